The van der Waals surface area contributed by atoms with Crippen molar-refractivity contribution in [2.45, 2.75) is 18.9 Å². The molecule has 1 unspecified atom stereocenters. The minimum Gasteiger partial charge on any atom is -0.375 e. The highest BCUT2D eigenvalue weighted by molar-refractivity contribution is 7.80. The van der Waals surface area contributed by atoms with Crippen molar-refractivity contribution in [3.63, 3.8) is 0 Å². The van der Waals surface area contributed by atoms with Crippen LogP contribution in [-0.2, 0) is 0 Å². The molecule has 1 atom stereocenters. The SMILES string of the molecule is NC(=S)N1N=C(c2ccc(F)cc2)CC1C1=CC=CC1. The van der Waals surface area contributed by atoms with Crippen molar-refractivity contribution in [2.24, 2.45) is 10.8 Å². The van der Waals surface area contributed by atoms with Gasteiger partial charge in [0.05, 0.1) is 11.8 Å². The molecule has 0 radical (unpaired) electrons. The maximum absolute atomic E-state index is 13.0. The highest BCUT2D eigenvalue weighted by Crippen LogP contribution is 2.29. The lowest BCUT2D eigenvalue weighted by molar-refractivity contribution is 0.401. The van der Waals surface area contributed by atoms with Crippen LogP contribution < -0.4 is 5.73 Å². The molecule has 0 aromatic heterocycles. The normalized spacial score (nSPS) is 21.1. The minimum absolute atomic E-state index is 0.0718. The number of hydrazone groups is 1. The van der Waals surface area contributed by atoms with E-state index in [-0.39, 0.29) is 17.0 Å². The monoisotopic (exact) mass is 287 g/mol. The number of benzene rings is 1. The molecule has 1 heterocycles. The molecule has 20 heavy (non-hydrogen) atoms. The van der Waals surface area contributed by atoms with Crippen molar-refractivity contribution >= 4 is 23.0 Å². The fourth-order valence-corrected chi connectivity index (χ4v) is 2.70. The van der Waals surface area contributed by atoms with Crippen LogP contribution in [0.5, 0.6) is 0 Å². The topological polar surface area (TPSA) is 41.6 Å². The second kappa shape index (κ2) is 5.17. The van der Waals surface area contributed by atoms with E-state index in [9.17, 15) is 4.39 Å². The Hall–Kier alpha value is -2.01. The lowest BCUT2D eigenvalue weighted by Gasteiger charge is -2.22. The van der Waals surface area contributed by atoms with Gasteiger partial charge in [0.2, 0.25) is 0 Å². The number of thiocarbonyl (C=S) groups is 1. The quantitative estimate of drug-likeness (QED) is 0.850. The molecule has 5 heteroatoms. The zero-order valence-electron chi connectivity index (χ0n) is 10.8. The Labute approximate surface area is 122 Å². The molecule has 2 aliphatic rings. The van der Waals surface area contributed by atoms with Gasteiger partial charge in [-0.15, -0.1) is 0 Å². The molecular weight excluding hydrogens is 273 g/mol. The fraction of sp³-hybridized carbons (Fsp3) is 0.200. The summed E-state index contributed by atoms with van der Waals surface area (Å²) < 4.78 is 13.0. The van der Waals surface area contributed by atoms with E-state index in [1.54, 1.807) is 17.1 Å². The standard InChI is InChI=1S/C15H14FN3S/c16-12-7-5-10(6-8-12)13-9-14(11-3-1-2-4-11)19(18-13)15(17)20/h1-3,5-8,14H,4,9H2,(H2,17,20). The zero-order valence-corrected chi connectivity index (χ0v) is 11.6. The Morgan fingerprint density at radius 1 is 1.35 bits per heavy atom. The maximum Gasteiger partial charge on any atom is 0.187 e. The van der Waals surface area contributed by atoms with Crippen molar-refractivity contribution in [3.8, 4) is 0 Å². The number of allylic oxidation sites excluding steroid dienone is 3. The van der Waals surface area contributed by atoms with Crippen LogP contribution in [0.2, 0.25) is 0 Å². The summed E-state index contributed by atoms with van der Waals surface area (Å²) in [6.45, 7) is 0. The van der Waals surface area contributed by atoms with E-state index in [2.05, 4.69) is 17.3 Å². The minimum atomic E-state index is -0.252. The first kappa shape index (κ1) is 13.0. The summed E-state index contributed by atoms with van der Waals surface area (Å²) in [5.74, 6) is -0.252. The van der Waals surface area contributed by atoms with Crippen LogP contribution in [0.1, 0.15) is 18.4 Å². The van der Waals surface area contributed by atoms with Gasteiger partial charge in [0.1, 0.15) is 5.82 Å². The van der Waals surface area contributed by atoms with E-state index in [4.69, 9.17) is 18.0 Å². The Bertz CT molecular complexity index is 631. The molecular formula is C15H14FN3S. The van der Waals surface area contributed by atoms with Crippen LogP contribution in [-0.4, -0.2) is 21.9 Å². The molecule has 0 spiro atoms. The molecule has 1 aromatic carbocycles. The molecule has 1 aromatic rings. The van der Waals surface area contributed by atoms with Gasteiger partial charge in [0, 0.05) is 6.42 Å². The summed E-state index contributed by atoms with van der Waals surface area (Å²) in [6.07, 6.45) is 7.84. The Kier molecular flexibility index (Phi) is 3.36. The highest BCUT2D eigenvalue weighted by Gasteiger charge is 2.31. The van der Waals surface area contributed by atoms with Gasteiger partial charge in [-0.25, -0.2) is 9.40 Å². The van der Waals surface area contributed by atoms with Crippen LogP contribution >= 0.6 is 12.2 Å². The summed E-state index contributed by atoms with van der Waals surface area (Å²) in [5.41, 5.74) is 8.80. The van der Waals surface area contributed by atoms with Gasteiger partial charge < -0.3 is 5.73 Å². The van der Waals surface area contributed by atoms with E-state index >= 15 is 0 Å². The van der Waals surface area contributed by atoms with E-state index in [0.29, 0.717) is 0 Å². The molecule has 1 aliphatic carbocycles. The van der Waals surface area contributed by atoms with Gasteiger partial charge in [-0.3, -0.25) is 0 Å². The van der Waals surface area contributed by atoms with Crippen LogP contribution in [0.3, 0.4) is 0 Å². The third kappa shape index (κ3) is 2.36. The number of nitrogens with two attached hydrogens (primary N) is 1. The lowest BCUT2D eigenvalue weighted by atomic mass is 9.98. The van der Waals surface area contributed by atoms with Crippen LogP contribution in [0.15, 0.2) is 53.2 Å². The predicted molar refractivity (Wildman–Crippen MR) is 81.8 cm³/mol. The van der Waals surface area contributed by atoms with Gasteiger partial charge in [-0.1, -0.05) is 30.4 Å². The van der Waals surface area contributed by atoms with E-state index in [1.165, 1.54) is 17.7 Å². The van der Waals surface area contributed by atoms with Gasteiger partial charge in [-0.2, -0.15) is 5.10 Å². The Balaban J connectivity index is 1.88. The number of hydrogen-bond donors (Lipinski definition) is 1. The van der Waals surface area contributed by atoms with E-state index < -0.39 is 0 Å². The number of halogens is 1. The van der Waals surface area contributed by atoms with Crippen molar-refractivity contribution < 1.29 is 4.39 Å². The summed E-state index contributed by atoms with van der Waals surface area (Å²) in [7, 11) is 0. The van der Waals surface area contributed by atoms with Crippen molar-refractivity contribution in [2.75, 3.05) is 0 Å². The maximum atomic E-state index is 13.0. The van der Waals surface area contributed by atoms with E-state index in [1.807, 2.05) is 6.08 Å². The first-order chi connectivity index (χ1) is 9.65. The molecule has 2 N–H and O–H groups in total. The average molecular weight is 287 g/mol. The summed E-state index contributed by atoms with van der Waals surface area (Å²) >= 11 is 5.08. The fourth-order valence-electron chi connectivity index (χ4n) is 2.53. The number of rotatable bonds is 2. The largest absolute Gasteiger partial charge is 0.375 e. The lowest BCUT2D eigenvalue weighted by Crippen LogP contribution is -2.37. The molecule has 0 saturated heterocycles. The van der Waals surface area contributed by atoms with Crippen LogP contribution in [0.25, 0.3) is 0 Å². The summed E-state index contributed by atoms with van der Waals surface area (Å²) in [5, 5.41) is 6.46. The van der Waals surface area contributed by atoms with Gasteiger partial charge >= 0.3 is 0 Å². The molecule has 1 aliphatic heterocycles. The third-order valence-corrected chi connectivity index (χ3v) is 3.73. The van der Waals surface area contributed by atoms with Crippen molar-refractivity contribution in [1.82, 2.24) is 5.01 Å². The third-order valence-electron chi connectivity index (χ3n) is 3.54. The second-order valence-electron chi connectivity index (χ2n) is 4.83. The molecule has 3 rings (SSSR count). The Morgan fingerprint density at radius 2 is 2.10 bits per heavy atom. The first-order valence-corrected chi connectivity index (χ1v) is 6.83. The molecule has 0 bridgehead atoms. The van der Waals surface area contributed by atoms with Crippen molar-refractivity contribution in [1.29, 1.82) is 0 Å². The predicted octanol–water partition coefficient (Wildman–Crippen LogP) is 2.73. The summed E-state index contributed by atoms with van der Waals surface area (Å²) in [6, 6.07) is 6.41. The number of hydrogen-bond acceptors (Lipinski definition) is 2. The van der Waals surface area contributed by atoms with Gasteiger partial charge in [-0.05, 0) is 41.9 Å². The van der Waals surface area contributed by atoms with Crippen LogP contribution in [0, 0.1) is 5.82 Å². The molecule has 0 amide bonds. The first-order valence-electron chi connectivity index (χ1n) is 6.43. The average Bonchev–Trinajstić information content (AvgIpc) is 3.08. The zero-order chi connectivity index (χ0) is 14.1. The van der Waals surface area contributed by atoms with Gasteiger partial charge in [0.15, 0.2) is 5.11 Å². The molecule has 3 nitrogen and oxygen atoms in total. The van der Waals surface area contributed by atoms with E-state index in [0.717, 1.165) is 24.1 Å². The summed E-state index contributed by atoms with van der Waals surface area (Å²) in [4.78, 5) is 0. The highest BCUT2D eigenvalue weighted by atomic mass is 32.1. The van der Waals surface area contributed by atoms with Crippen LogP contribution in [0.4, 0.5) is 4.39 Å². The number of nitrogens with zero attached hydrogens (tertiary/aromatic N) is 2. The molecule has 0 fully saturated rings. The Morgan fingerprint density at radius 3 is 2.70 bits per heavy atom. The van der Waals surface area contributed by atoms with Gasteiger partial charge in [0.25, 0.3) is 0 Å². The van der Waals surface area contributed by atoms with Crippen molar-refractivity contribution in [3.05, 3.63) is 59.4 Å². The molecule has 0 saturated carbocycles. The smallest absolute Gasteiger partial charge is 0.187 e. The second-order valence-corrected chi connectivity index (χ2v) is 5.25. The molecule has 102 valence electrons.